The molecule has 1 amide bonds. The molecule has 0 aliphatic rings. The first-order chi connectivity index (χ1) is 16.3. The van der Waals surface area contributed by atoms with Gasteiger partial charge >= 0.3 is 0 Å². The number of amides is 1. The van der Waals surface area contributed by atoms with Crippen molar-refractivity contribution >= 4 is 38.1 Å². The van der Waals surface area contributed by atoms with Crippen molar-refractivity contribution in [1.29, 1.82) is 0 Å². The molecule has 0 unspecified atom stereocenters. The predicted octanol–water partition coefficient (Wildman–Crippen LogP) is 5.30. The van der Waals surface area contributed by atoms with E-state index in [0.29, 0.717) is 11.4 Å². The fraction of sp³-hybridized carbons (Fsp3) is 0.148. The molecule has 0 fully saturated rings. The lowest BCUT2D eigenvalue weighted by atomic mass is 10.1. The molecule has 0 aliphatic heterocycles. The topological polar surface area (TPSA) is 75.7 Å². The van der Waals surface area contributed by atoms with Crippen LogP contribution in [0.1, 0.15) is 11.1 Å². The van der Waals surface area contributed by atoms with Crippen LogP contribution >= 0.6 is 0 Å². The SMILES string of the molecule is Cc1cccc(C)c1NC(=O)COc1ccc(N(C)S(=O)(=O)c2ccc3ccccc3c2)cc1. The first-order valence-corrected chi connectivity index (χ1v) is 12.3. The summed E-state index contributed by atoms with van der Waals surface area (Å²) in [5.74, 6) is 0.203. The molecule has 0 atom stereocenters. The van der Waals surface area contributed by atoms with Crippen molar-refractivity contribution in [2.24, 2.45) is 0 Å². The predicted molar refractivity (Wildman–Crippen MR) is 136 cm³/mol. The van der Waals surface area contributed by atoms with Gasteiger partial charge in [-0.3, -0.25) is 9.10 Å². The minimum absolute atomic E-state index is 0.154. The highest BCUT2D eigenvalue weighted by atomic mass is 32.2. The Morgan fingerprint density at radius 2 is 1.50 bits per heavy atom. The summed E-state index contributed by atoms with van der Waals surface area (Å²) in [5.41, 5.74) is 3.23. The van der Waals surface area contributed by atoms with E-state index >= 15 is 0 Å². The van der Waals surface area contributed by atoms with Crippen LogP contribution in [0, 0.1) is 13.8 Å². The Bertz CT molecular complexity index is 1430. The Kier molecular flexibility index (Phi) is 6.56. The van der Waals surface area contributed by atoms with Gasteiger partial charge in [-0.05, 0) is 72.1 Å². The summed E-state index contributed by atoms with van der Waals surface area (Å²) >= 11 is 0. The molecule has 0 heterocycles. The molecule has 0 aliphatic carbocycles. The molecule has 34 heavy (non-hydrogen) atoms. The Balaban J connectivity index is 1.42. The summed E-state index contributed by atoms with van der Waals surface area (Å²) in [6, 6.07) is 25.1. The minimum atomic E-state index is -3.74. The average Bonchev–Trinajstić information content (AvgIpc) is 2.84. The Hall–Kier alpha value is -3.84. The molecule has 0 spiro atoms. The maximum atomic E-state index is 13.1. The zero-order valence-corrected chi connectivity index (χ0v) is 20.1. The molecule has 0 aromatic heterocycles. The van der Waals surface area contributed by atoms with Gasteiger partial charge in [-0.2, -0.15) is 0 Å². The lowest BCUT2D eigenvalue weighted by molar-refractivity contribution is -0.118. The van der Waals surface area contributed by atoms with E-state index in [-0.39, 0.29) is 17.4 Å². The lowest BCUT2D eigenvalue weighted by Crippen LogP contribution is -2.26. The monoisotopic (exact) mass is 474 g/mol. The summed E-state index contributed by atoms with van der Waals surface area (Å²) < 4.78 is 33.1. The van der Waals surface area contributed by atoms with E-state index < -0.39 is 10.0 Å². The van der Waals surface area contributed by atoms with Crippen LogP contribution in [0.4, 0.5) is 11.4 Å². The number of hydrogen-bond donors (Lipinski definition) is 1. The second-order valence-electron chi connectivity index (χ2n) is 8.08. The van der Waals surface area contributed by atoms with Gasteiger partial charge in [-0.1, -0.05) is 48.5 Å². The van der Waals surface area contributed by atoms with Gasteiger partial charge in [-0.25, -0.2) is 8.42 Å². The second-order valence-corrected chi connectivity index (χ2v) is 10.0. The number of sulfonamides is 1. The van der Waals surface area contributed by atoms with Crippen LogP contribution in [-0.4, -0.2) is 28.0 Å². The second kappa shape index (κ2) is 9.57. The Labute approximate surface area is 199 Å². The summed E-state index contributed by atoms with van der Waals surface area (Å²) in [4.78, 5) is 12.5. The quantitative estimate of drug-likeness (QED) is 0.394. The van der Waals surface area contributed by atoms with Gasteiger partial charge in [0, 0.05) is 12.7 Å². The Morgan fingerprint density at radius 1 is 0.853 bits per heavy atom. The van der Waals surface area contributed by atoms with Crippen molar-refractivity contribution in [2.45, 2.75) is 18.7 Å². The number of rotatable bonds is 7. The fourth-order valence-electron chi connectivity index (χ4n) is 3.71. The number of nitrogens with zero attached hydrogens (tertiary/aromatic N) is 1. The van der Waals surface area contributed by atoms with E-state index in [1.165, 1.54) is 11.4 Å². The van der Waals surface area contributed by atoms with Crippen LogP contribution in [0.15, 0.2) is 89.8 Å². The zero-order valence-electron chi connectivity index (χ0n) is 19.3. The highest BCUT2D eigenvalue weighted by Crippen LogP contribution is 2.26. The van der Waals surface area contributed by atoms with Gasteiger partial charge in [0.25, 0.3) is 15.9 Å². The third-order valence-electron chi connectivity index (χ3n) is 5.70. The van der Waals surface area contributed by atoms with Crippen LogP contribution < -0.4 is 14.4 Å². The van der Waals surface area contributed by atoms with E-state index in [9.17, 15) is 13.2 Å². The number of fused-ring (bicyclic) bond motifs is 1. The number of carbonyl (C=O) groups excluding carboxylic acids is 1. The van der Waals surface area contributed by atoms with Gasteiger partial charge in [0.1, 0.15) is 5.75 Å². The first-order valence-electron chi connectivity index (χ1n) is 10.8. The van der Waals surface area contributed by atoms with Gasteiger partial charge in [0.05, 0.1) is 10.6 Å². The number of hydrogen-bond acceptors (Lipinski definition) is 4. The number of para-hydroxylation sites is 1. The number of anilines is 2. The molecule has 4 rings (SSSR count). The van der Waals surface area contributed by atoms with E-state index in [0.717, 1.165) is 27.6 Å². The summed E-state index contributed by atoms with van der Waals surface area (Å²) in [5, 5.41) is 4.72. The number of aryl methyl sites for hydroxylation is 2. The van der Waals surface area contributed by atoms with Crippen molar-refractivity contribution < 1.29 is 17.9 Å². The van der Waals surface area contributed by atoms with Crippen molar-refractivity contribution in [3.63, 3.8) is 0 Å². The molecule has 0 saturated heterocycles. The van der Waals surface area contributed by atoms with Gasteiger partial charge < -0.3 is 10.1 Å². The molecule has 6 nitrogen and oxygen atoms in total. The fourth-order valence-corrected chi connectivity index (χ4v) is 4.94. The number of benzene rings is 4. The molecular weight excluding hydrogens is 448 g/mol. The zero-order chi connectivity index (χ0) is 24.3. The molecule has 0 radical (unpaired) electrons. The van der Waals surface area contributed by atoms with E-state index in [1.807, 2.05) is 56.3 Å². The van der Waals surface area contributed by atoms with Crippen LogP contribution in [0.2, 0.25) is 0 Å². The van der Waals surface area contributed by atoms with Crippen LogP contribution in [0.25, 0.3) is 10.8 Å². The molecule has 174 valence electrons. The normalized spacial score (nSPS) is 11.3. The van der Waals surface area contributed by atoms with Crippen molar-refractivity contribution in [3.8, 4) is 5.75 Å². The standard InChI is InChI=1S/C27H26N2O4S/c1-19-7-6-8-20(2)27(19)28-26(30)18-33-24-14-12-23(13-15-24)29(3)34(31,32)25-16-11-21-9-4-5-10-22(21)17-25/h4-17H,18H2,1-3H3,(H,28,30). The number of carbonyl (C=O) groups is 1. The highest BCUT2D eigenvalue weighted by Gasteiger charge is 2.21. The highest BCUT2D eigenvalue weighted by molar-refractivity contribution is 7.92. The molecule has 0 bridgehead atoms. The van der Waals surface area contributed by atoms with E-state index in [1.54, 1.807) is 42.5 Å². The average molecular weight is 475 g/mol. The largest absolute Gasteiger partial charge is 0.484 e. The molecule has 7 heteroatoms. The maximum Gasteiger partial charge on any atom is 0.264 e. The number of ether oxygens (including phenoxy) is 1. The van der Waals surface area contributed by atoms with Crippen LogP contribution in [0.3, 0.4) is 0 Å². The van der Waals surface area contributed by atoms with Crippen molar-refractivity contribution in [3.05, 3.63) is 96.1 Å². The van der Waals surface area contributed by atoms with E-state index in [4.69, 9.17) is 4.74 Å². The van der Waals surface area contributed by atoms with E-state index in [2.05, 4.69) is 5.32 Å². The molecule has 4 aromatic carbocycles. The molecule has 4 aromatic rings. The third-order valence-corrected chi connectivity index (χ3v) is 7.48. The maximum absolute atomic E-state index is 13.1. The first kappa shape index (κ1) is 23.3. The summed E-state index contributed by atoms with van der Waals surface area (Å²) in [6.07, 6.45) is 0. The summed E-state index contributed by atoms with van der Waals surface area (Å²) in [7, 11) is -2.22. The molecule has 1 N–H and O–H groups in total. The van der Waals surface area contributed by atoms with Gasteiger partial charge in [0.2, 0.25) is 0 Å². The lowest BCUT2D eigenvalue weighted by Gasteiger charge is -2.20. The smallest absolute Gasteiger partial charge is 0.264 e. The number of nitrogens with one attached hydrogen (secondary N) is 1. The van der Waals surface area contributed by atoms with Gasteiger partial charge in [-0.15, -0.1) is 0 Å². The molecule has 0 saturated carbocycles. The molecular formula is C27H26N2O4S. The van der Waals surface area contributed by atoms with Crippen LogP contribution in [0.5, 0.6) is 5.75 Å². The third kappa shape index (κ3) is 4.89. The minimum Gasteiger partial charge on any atom is -0.484 e. The van der Waals surface area contributed by atoms with Crippen molar-refractivity contribution in [1.82, 2.24) is 0 Å². The Morgan fingerprint density at radius 3 is 2.18 bits per heavy atom. The van der Waals surface area contributed by atoms with Crippen LogP contribution in [-0.2, 0) is 14.8 Å². The summed E-state index contributed by atoms with van der Waals surface area (Å²) in [6.45, 7) is 3.72. The van der Waals surface area contributed by atoms with Crippen molar-refractivity contribution in [2.75, 3.05) is 23.3 Å². The van der Waals surface area contributed by atoms with Gasteiger partial charge in [0.15, 0.2) is 6.61 Å².